The molecule has 0 spiro atoms. The SMILES string of the molecule is CS(=O)(=O)CCOCc1ccc(-c2nc(N)c3ccccc3n2)o1. The molecule has 0 aliphatic rings. The van der Waals surface area contributed by atoms with E-state index in [0.717, 1.165) is 10.9 Å². The largest absolute Gasteiger partial charge is 0.455 e. The molecular weight excluding hydrogens is 330 g/mol. The Morgan fingerprint density at radius 2 is 1.96 bits per heavy atom. The number of hydrogen-bond donors (Lipinski definition) is 1. The molecule has 3 aromatic rings. The van der Waals surface area contributed by atoms with E-state index in [1.807, 2.05) is 24.3 Å². The molecule has 2 heterocycles. The van der Waals surface area contributed by atoms with Crippen LogP contribution in [0.1, 0.15) is 5.76 Å². The summed E-state index contributed by atoms with van der Waals surface area (Å²) in [6.45, 7) is 0.298. The highest BCUT2D eigenvalue weighted by Crippen LogP contribution is 2.24. The Labute approximate surface area is 139 Å². The minimum Gasteiger partial charge on any atom is -0.455 e. The fourth-order valence-corrected chi connectivity index (χ4v) is 2.59. The van der Waals surface area contributed by atoms with Crippen molar-refractivity contribution in [3.05, 3.63) is 42.2 Å². The average Bonchev–Trinajstić information content (AvgIpc) is 3.00. The second-order valence-electron chi connectivity index (χ2n) is 5.40. The molecule has 1 aromatic carbocycles. The first kappa shape index (κ1) is 16.4. The molecule has 0 fully saturated rings. The number of aromatic nitrogens is 2. The van der Waals surface area contributed by atoms with Crippen LogP contribution in [0.2, 0.25) is 0 Å². The third kappa shape index (κ3) is 3.90. The van der Waals surface area contributed by atoms with Gasteiger partial charge in [0.1, 0.15) is 28.0 Å². The van der Waals surface area contributed by atoms with Crippen LogP contribution in [0.5, 0.6) is 0 Å². The molecule has 0 saturated carbocycles. The van der Waals surface area contributed by atoms with Crippen molar-refractivity contribution in [1.29, 1.82) is 0 Å². The number of nitrogen functional groups attached to an aromatic ring is 1. The lowest BCUT2D eigenvalue weighted by Gasteiger charge is -2.03. The van der Waals surface area contributed by atoms with Crippen molar-refractivity contribution < 1.29 is 17.6 Å². The number of anilines is 1. The Hall–Kier alpha value is -2.45. The summed E-state index contributed by atoms with van der Waals surface area (Å²) in [6, 6.07) is 10.9. The summed E-state index contributed by atoms with van der Waals surface area (Å²) >= 11 is 0. The normalized spacial score (nSPS) is 11.9. The topological polar surface area (TPSA) is 108 Å². The van der Waals surface area contributed by atoms with Crippen molar-refractivity contribution in [1.82, 2.24) is 9.97 Å². The van der Waals surface area contributed by atoms with Crippen molar-refractivity contribution in [3.8, 4) is 11.6 Å². The van der Waals surface area contributed by atoms with E-state index >= 15 is 0 Å². The molecule has 0 amide bonds. The van der Waals surface area contributed by atoms with Gasteiger partial charge in [0.15, 0.2) is 11.6 Å². The molecule has 24 heavy (non-hydrogen) atoms. The van der Waals surface area contributed by atoms with Gasteiger partial charge in [-0.25, -0.2) is 18.4 Å². The van der Waals surface area contributed by atoms with E-state index in [4.69, 9.17) is 14.9 Å². The van der Waals surface area contributed by atoms with Crippen molar-refractivity contribution in [2.24, 2.45) is 0 Å². The highest BCUT2D eigenvalue weighted by molar-refractivity contribution is 7.90. The summed E-state index contributed by atoms with van der Waals surface area (Å²) in [5.74, 6) is 1.81. The van der Waals surface area contributed by atoms with E-state index in [1.165, 1.54) is 6.26 Å². The Morgan fingerprint density at radius 1 is 1.17 bits per heavy atom. The number of para-hydroxylation sites is 1. The van der Waals surface area contributed by atoms with Crippen LogP contribution in [0.15, 0.2) is 40.8 Å². The van der Waals surface area contributed by atoms with Gasteiger partial charge in [-0.05, 0) is 24.3 Å². The molecule has 7 nitrogen and oxygen atoms in total. The van der Waals surface area contributed by atoms with E-state index in [0.29, 0.717) is 23.2 Å². The highest BCUT2D eigenvalue weighted by Gasteiger charge is 2.11. The number of hydrogen-bond acceptors (Lipinski definition) is 7. The molecule has 0 bridgehead atoms. The van der Waals surface area contributed by atoms with Gasteiger partial charge in [-0.15, -0.1) is 0 Å². The monoisotopic (exact) mass is 347 g/mol. The van der Waals surface area contributed by atoms with Crippen LogP contribution in [-0.4, -0.2) is 37.0 Å². The Kier molecular flexibility index (Phi) is 4.50. The summed E-state index contributed by atoms with van der Waals surface area (Å²) in [7, 11) is -3.03. The molecule has 0 saturated heterocycles. The van der Waals surface area contributed by atoms with Gasteiger partial charge in [-0.2, -0.15) is 0 Å². The molecule has 8 heteroatoms. The molecule has 0 unspecified atom stereocenters. The van der Waals surface area contributed by atoms with Crippen LogP contribution in [0.3, 0.4) is 0 Å². The van der Waals surface area contributed by atoms with Crippen LogP contribution in [0.25, 0.3) is 22.5 Å². The first-order valence-corrected chi connectivity index (χ1v) is 9.35. The maximum absolute atomic E-state index is 11.0. The first-order chi connectivity index (χ1) is 11.4. The molecule has 0 radical (unpaired) electrons. The zero-order valence-electron chi connectivity index (χ0n) is 13.1. The molecular formula is C16H17N3O4S. The number of sulfone groups is 1. The number of benzene rings is 1. The number of nitrogens with two attached hydrogens (primary N) is 1. The predicted molar refractivity (Wildman–Crippen MR) is 91.0 cm³/mol. The van der Waals surface area contributed by atoms with Crippen molar-refractivity contribution in [2.45, 2.75) is 6.61 Å². The zero-order valence-corrected chi connectivity index (χ0v) is 13.9. The third-order valence-corrected chi connectivity index (χ3v) is 4.27. The number of rotatable bonds is 6. The molecule has 3 rings (SSSR count). The summed E-state index contributed by atoms with van der Waals surface area (Å²) in [4.78, 5) is 8.71. The summed E-state index contributed by atoms with van der Waals surface area (Å²) in [5, 5.41) is 0.789. The minimum atomic E-state index is -3.03. The number of ether oxygens (including phenoxy) is 1. The van der Waals surface area contributed by atoms with Crippen LogP contribution in [-0.2, 0) is 21.2 Å². The van der Waals surface area contributed by atoms with E-state index in [-0.39, 0.29) is 19.0 Å². The number of fused-ring (bicyclic) bond motifs is 1. The fourth-order valence-electron chi connectivity index (χ4n) is 2.17. The van der Waals surface area contributed by atoms with Gasteiger partial charge in [-0.3, -0.25) is 0 Å². The van der Waals surface area contributed by atoms with Crippen LogP contribution < -0.4 is 5.73 Å². The number of furan rings is 1. The second kappa shape index (κ2) is 6.58. The van der Waals surface area contributed by atoms with Gasteiger partial charge in [0.05, 0.1) is 17.9 Å². The number of nitrogens with zero attached hydrogens (tertiary/aromatic N) is 2. The van der Waals surface area contributed by atoms with Gasteiger partial charge in [0, 0.05) is 11.6 Å². The lowest BCUT2D eigenvalue weighted by atomic mass is 10.2. The first-order valence-electron chi connectivity index (χ1n) is 7.29. The molecule has 0 aliphatic heterocycles. The quantitative estimate of drug-likeness (QED) is 0.680. The van der Waals surface area contributed by atoms with Crippen LogP contribution >= 0.6 is 0 Å². The second-order valence-corrected chi connectivity index (χ2v) is 7.66. The van der Waals surface area contributed by atoms with Gasteiger partial charge >= 0.3 is 0 Å². The van der Waals surface area contributed by atoms with Gasteiger partial charge in [0.2, 0.25) is 0 Å². The lowest BCUT2D eigenvalue weighted by Crippen LogP contribution is -2.09. The maximum atomic E-state index is 11.0. The summed E-state index contributed by atoms with van der Waals surface area (Å²) in [6.07, 6.45) is 1.17. The lowest BCUT2D eigenvalue weighted by molar-refractivity contribution is 0.120. The average molecular weight is 347 g/mol. The Bertz CT molecular complexity index is 966. The van der Waals surface area contributed by atoms with Crippen molar-refractivity contribution >= 4 is 26.6 Å². The maximum Gasteiger partial charge on any atom is 0.198 e. The van der Waals surface area contributed by atoms with Gasteiger partial charge in [-0.1, -0.05) is 12.1 Å². The van der Waals surface area contributed by atoms with Crippen LogP contribution in [0, 0.1) is 0 Å². The van der Waals surface area contributed by atoms with Gasteiger partial charge in [0.25, 0.3) is 0 Å². The zero-order chi connectivity index (χ0) is 17.2. The summed E-state index contributed by atoms with van der Waals surface area (Å²) < 4.78 is 33.0. The minimum absolute atomic E-state index is 0.0229. The molecule has 0 atom stereocenters. The predicted octanol–water partition coefficient (Wildman–Crippen LogP) is 2.03. The molecule has 0 aliphatic carbocycles. The van der Waals surface area contributed by atoms with E-state index in [9.17, 15) is 8.42 Å². The standard InChI is InChI=1S/C16H17N3O4S/c1-24(20,21)9-8-22-10-11-6-7-14(23-11)16-18-13-5-3-2-4-12(13)15(17)19-16/h2-7H,8-10H2,1H3,(H2,17,18,19). The Morgan fingerprint density at radius 3 is 2.75 bits per heavy atom. The van der Waals surface area contributed by atoms with E-state index in [2.05, 4.69) is 9.97 Å². The van der Waals surface area contributed by atoms with E-state index in [1.54, 1.807) is 12.1 Å². The third-order valence-electron chi connectivity index (χ3n) is 3.36. The van der Waals surface area contributed by atoms with E-state index < -0.39 is 9.84 Å². The Balaban J connectivity index is 1.73. The fraction of sp³-hybridized carbons (Fsp3) is 0.250. The summed E-state index contributed by atoms with van der Waals surface area (Å²) in [5.41, 5.74) is 6.70. The van der Waals surface area contributed by atoms with Crippen LogP contribution in [0.4, 0.5) is 5.82 Å². The molecule has 2 aromatic heterocycles. The van der Waals surface area contributed by atoms with Gasteiger partial charge < -0.3 is 14.9 Å². The smallest absolute Gasteiger partial charge is 0.198 e. The molecule has 2 N–H and O–H groups in total. The van der Waals surface area contributed by atoms with Crippen molar-refractivity contribution in [3.63, 3.8) is 0 Å². The molecule has 126 valence electrons. The highest BCUT2D eigenvalue weighted by atomic mass is 32.2. The van der Waals surface area contributed by atoms with Crippen molar-refractivity contribution in [2.75, 3.05) is 24.3 Å².